The van der Waals surface area contributed by atoms with Crippen LogP contribution in [0.3, 0.4) is 0 Å². The third-order valence-corrected chi connectivity index (χ3v) is 4.22. The maximum absolute atomic E-state index is 12.1. The minimum atomic E-state index is 0.0198. The maximum atomic E-state index is 12.1. The number of nitrogens with zero attached hydrogens (tertiary/aromatic N) is 3. The Bertz CT molecular complexity index is 528. The fourth-order valence-electron chi connectivity index (χ4n) is 2.81. The number of carbonyl (C=O) groups excluding carboxylic acids is 1. The van der Waals surface area contributed by atoms with Crippen molar-refractivity contribution in [2.45, 2.75) is 65.3 Å². The second-order valence-electron chi connectivity index (χ2n) is 7.94. The van der Waals surface area contributed by atoms with Crippen LogP contribution in [-0.2, 0) is 10.2 Å². The van der Waals surface area contributed by atoms with Crippen molar-refractivity contribution in [3.63, 3.8) is 0 Å². The lowest BCUT2D eigenvalue weighted by atomic mass is 9.92. The van der Waals surface area contributed by atoms with Crippen molar-refractivity contribution in [3.05, 3.63) is 18.1 Å². The molecule has 5 nitrogen and oxygen atoms in total. The van der Waals surface area contributed by atoms with Crippen LogP contribution in [0.25, 0.3) is 0 Å². The Balaban J connectivity index is 1.88. The summed E-state index contributed by atoms with van der Waals surface area (Å²) in [6.07, 6.45) is 4.22. The summed E-state index contributed by atoms with van der Waals surface area (Å²) in [5.41, 5.74) is 1.06. The summed E-state index contributed by atoms with van der Waals surface area (Å²) in [6.45, 7) is 12.3. The molecule has 1 fully saturated rings. The second kappa shape index (κ2) is 7.28. The molecular weight excluding hydrogens is 288 g/mol. The molecule has 0 unspecified atom stereocenters. The van der Waals surface area contributed by atoms with Crippen LogP contribution in [0.5, 0.6) is 0 Å². The van der Waals surface area contributed by atoms with Crippen molar-refractivity contribution in [1.29, 1.82) is 0 Å². The smallest absolute Gasteiger partial charge is 0.222 e. The van der Waals surface area contributed by atoms with Gasteiger partial charge in [0.1, 0.15) is 12.1 Å². The summed E-state index contributed by atoms with van der Waals surface area (Å²) >= 11 is 0. The third-order valence-electron chi connectivity index (χ3n) is 4.22. The van der Waals surface area contributed by atoms with E-state index in [2.05, 4.69) is 49.9 Å². The Kier molecular flexibility index (Phi) is 5.60. The van der Waals surface area contributed by atoms with Gasteiger partial charge in [-0.2, -0.15) is 0 Å². The molecule has 23 heavy (non-hydrogen) atoms. The Morgan fingerprint density at radius 2 is 1.96 bits per heavy atom. The molecule has 0 aliphatic carbocycles. The molecule has 0 aromatic carbocycles. The number of aromatic nitrogens is 2. The van der Waals surface area contributed by atoms with Crippen LogP contribution in [0.1, 0.15) is 59.6 Å². The van der Waals surface area contributed by atoms with E-state index in [9.17, 15) is 4.79 Å². The Morgan fingerprint density at radius 1 is 1.30 bits per heavy atom. The van der Waals surface area contributed by atoms with Gasteiger partial charge >= 0.3 is 0 Å². The highest BCUT2D eigenvalue weighted by molar-refractivity contribution is 5.76. The van der Waals surface area contributed by atoms with Crippen molar-refractivity contribution in [2.24, 2.45) is 5.92 Å². The molecule has 1 aromatic rings. The van der Waals surface area contributed by atoms with Crippen molar-refractivity contribution in [2.75, 3.05) is 18.4 Å². The van der Waals surface area contributed by atoms with Gasteiger partial charge in [-0.1, -0.05) is 34.6 Å². The summed E-state index contributed by atoms with van der Waals surface area (Å²) in [4.78, 5) is 22.8. The Hall–Kier alpha value is -1.65. The molecule has 2 rings (SSSR count). The van der Waals surface area contributed by atoms with Crippen LogP contribution in [0.2, 0.25) is 0 Å². The van der Waals surface area contributed by atoms with E-state index in [1.807, 2.05) is 11.0 Å². The lowest BCUT2D eigenvalue weighted by molar-refractivity contribution is -0.132. The number of likely N-dealkylation sites (tertiary alicyclic amines) is 1. The molecule has 0 radical (unpaired) electrons. The topological polar surface area (TPSA) is 58.1 Å². The fourth-order valence-corrected chi connectivity index (χ4v) is 2.81. The first kappa shape index (κ1) is 17.7. The molecule has 1 aliphatic rings. The number of nitrogens with one attached hydrogen (secondary N) is 1. The molecule has 1 amide bonds. The zero-order chi connectivity index (χ0) is 17.0. The van der Waals surface area contributed by atoms with Gasteiger partial charge in [0.25, 0.3) is 0 Å². The molecule has 0 bridgehead atoms. The molecule has 2 heterocycles. The van der Waals surface area contributed by atoms with Crippen LogP contribution in [0.4, 0.5) is 5.82 Å². The van der Waals surface area contributed by atoms with Crippen LogP contribution in [0.15, 0.2) is 12.4 Å². The van der Waals surface area contributed by atoms with E-state index in [1.165, 1.54) is 0 Å². The zero-order valence-corrected chi connectivity index (χ0v) is 15.1. The molecule has 1 aromatic heterocycles. The maximum Gasteiger partial charge on any atom is 0.222 e. The normalized spacial score (nSPS) is 16.7. The van der Waals surface area contributed by atoms with E-state index in [0.29, 0.717) is 18.4 Å². The SMILES string of the molecule is CC(C)CC(=O)N1CCC(Nc2cc(C(C)(C)C)ncn2)CC1. The highest BCUT2D eigenvalue weighted by Crippen LogP contribution is 2.22. The van der Waals surface area contributed by atoms with Crippen LogP contribution < -0.4 is 5.32 Å². The van der Waals surface area contributed by atoms with Crippen molar-refractivity contribution in [3.8, 4) is 0 Å². The average molecular weight is 318 g/mol. The lowest BCUT2D eigenvalue weighted by Crippen LogP contribution is -2.42. The Labute approximate surface area is 139 Å². The van der Waals surface area contributed by atoms with Crippen molar-refractivity contribution < 1.29 is 4.79 Å². The molecule has 1 N–H and O–H groups in total. The number of piperidine rings is 1. The summed E-state index contributed by atoms with van der Waals surface area (Å²) in [6, 6.07) is 2.41. The number of amides is 1. The summed E-state index contributed by atoms with van der Waals surface area (Å²) in [5, 5.41) is 3.50. The first-order valence-electron chi connectivity index (χ1n) is 8.62. The third kappa shape index (κ3) is 5.19. The number of anilines is 1. The van der Waals surface area contributed by atoms with Crippen LogP contribution >= 0.6 is 0 Å². The minimum Gasteiger partial charge on any atom is -0.367 e. The first-order valence-corrected chi connectivity index (χ1v) is 8.62. The monoisotopic (exact) mass is 318 g/mol. The number of hydrogen-bond acceptors (Lipinski definition) is 4. The molecular formula is C18H30N4O. The second-order valence-corrected chi connectivity index (χ2v) is 7.94. The molecule has 0 atom stereocenters. The lowest BCUT2D eigenvalue weighted by Gasteiger charge is -2.33. The van der Waals surface area contributed by atoms with Gasteiger partial charge in [0.05, 0.1) is 5.69 Å². The molecule has 1 saturated heterocycles. The van der Waals surface area contributed by atoms with E-state index in [0.717, 1.165) is 37.4 Å². The number of carbonyl (C=O) groups is 1. The largest absolute Gasteiger partial charge is 0.367 e. The predicted octanol–water partition coefficient (Wildman–Crippen LogP) is 3.22. The average Bonchev–Trinajstić information content (AvgIpc) is 2.46. The van der Waals surface area contributed by atoms with Gasteiger partial charge in [-0.15, -0.1) is 0 Å². The first-order chi connectivity index (χ1) is 10.8. The molecule has 128 valence electrons. The molecule has 0 saturated carbocycles. The van der Waals surface area contributed by atoms with Gasteiger partial charge in [-0.3, -0.25) is 4.79 Å². The van der Waals surface area contributed by atoms with E-state index in [4.69, 9.17) is 0 Å². The molecule has 1 aliphatic heterocycles. The van der Waals surface area contributed by atoms with Gasteiger partial charge in [-0.05, 0) is 18.8 Å². The van der Waals surface area contributed by atoms with E-state index in [-0.39, 0.29) is 11.3 Å². The van der Waals surface area contributed by atoms with Gasteiger partial charge < -0.3 is 10.2 Å². The standard InChI is InChI=1S/C18H30N4O/c1-13(2)10-17(23)22-8-6-14(7-9-22)21-16-11-15(18(3,4)5)19-12-20-16/h11-14H,6-10H2,1-5H3,(H,19,20,21). The van der Waals surface area contributed by atoms with Gasteiger partial charge in [-0.25, -0.2) is 9.97 Å². The number of hydrogen-bond donors (Lipinski definition) is 1. The molecule has 5 heteroatoms. The zero-order valence-electron chi connectivity index (χ0n) is 15.1. The number of rotatable bonds is 4. The van der Waals surface area contributed by atoms with E-state index in [1.54, 1.807) is 6.33 Å². The summed E-state index contributed by atoms with van der Waals surface area (Å²) in [7, 11) is 0. The highest BCUT2D eigenvalue weighted by atomic mass is 16.2. The minimum absolute atomic E-state index is 0.0198. The highest BCUT2D eigenvalue weighted by Gasteiger charge is 2.23. The van der Waals surface area contributed by atoms with Crippen molar-refractivity contribution in [1.82, 2.24) is 14.9 Å². The van der Waals surface area contributed by atoms with Gasteiger partial charge in [0.2, 0.25) is 5.91 Å². The van der Waals surface area contributed by atoms with E-state index >= 15 is 0 Å². The quantitative estimate of drug-likeness (QED) is 0.926. The molecule has 0 spiro atoms. The Morgan fingerprint density at radius 3 is 2.52 bits per heavy atom. The summed E-state index contributed by atoms with van der Waals surface area (Å²) < 4.78 is 0. The van der Waals surface area contributed by atoms with Crippen LogP contribution in [0, 0.1) is 5.92 Å². The summed E-state index contributed by atoms with van der Waals surface area (Å²) in [5.74, 6) is 1.60. The van der Waals surface area contributed by atoms with Crippen LogP contribution in [-0.4, -0.2) is 39.9 Å². The van der Waals surface area contributed by atoms with Gasteiger partial charge in [0.15, 0.2) is 0 Å². The van der Waals surface area contributed by atoms with E-state index < -0.39 is 0 Å². The fraction of sp³-hybridized carbons (Fsp3) is 0.722. The van der Waals surface area contributed by atoms with Gasteiger partial charge in [0, 0.05) is 37.0 Å². The van der Waals surface area contributed by atoms with Crippen molar-refractivity contribution >= 4 is 11.7 Å². The predicted molar refractivity (Wildman–Crippen MR) is 93.4 cm³/mol.